The zero-order valence-corrected chi connectivity index (χ0v) is 20.1. The van der Waals surface area contributed by atoms with Crippen molar-refractivity contribution in [3.63, 3.8) is 0 Å². The Morgan fingerprint density at radius 3 is 2.41 bits per heavy atom. The Kier molecular flexibility index (Phi) is 9.10. The van der Waals surface area contributed by atoms with E-state index < -0.39 is 17.7 Å². The van der Waals surface area contributed by atoms with Crippen LogP contribution in [0, 0.1) is 0 Å². The van der Waals surface area contributed by atoms with Crippen molar-refractivity contribution in [2.75, 3.05) is 33.5 Å². The summed E-state index contributed by atoms with van der Waals surface area (Å²) in [6.07, 6.45) is 2.57. The summed E-state index contributed by atoms with van der Waals surface area (Å²) in [6.45, 7) is 5.85. The van der Waals surface area contributed by atoms with Crippen LogP contribution in [0.1, 0.15) is 50.3 Å². The third-order valence-corrected chi connectivity index (χ3v) is 5.67. The molecule has 0 aromatic heterocycles. The number of methoxy groups -OCH3 is 1. The fraction of sp³-hybridized carbons (Fsp3) is 0.407. The first-order valence-electron chi connectivity index (χ1n) is 11.7. The molecule has 1 N–H and O–H groups in total. The van der Waals surface area contributed by atoms with Crippen molar-refractivity contribution in [1.82, 2.24) is 4.90 Å². The van der Waals surface area contributed by atoms with Gasteiger partial charge in [-0.25, -0.2) is 0 Å². The van der Waals surface area contributed by atoms with Gasteiger partial charge in [0.1, 0.15) is 17.3 Å². The van der Waals surface area contributed by atoms with Gasteiger partial charge < -0.3 is 24.2 Å². The molecular formula is C27H33NO6. The highest BCUT2D eigenvalue weighted by Gasteiger charge is 2.45. The SMILES string of the molecule is CCCCOc1ccc(C2/C(=C(\O)c3cccc(OCC)c3)C(=O)C(=O)N2CCCOC)cc1. The summed E-state index contributed by atoms with van der Waals surface area (Å²) < 4.78 is 16.4. The number of nitrogens with zero attached hydrogens (tertiary/aromatic N) is 1. The number of unbranched alkanes of at least 4 members (excludes halogenated alkanes) is 1. The summed E-state index contributed by atoms with van der Waals surface area (Å²) in [5, 5.41) is 11.2. The Balaban J connectivity index is 2.02. The van der Waals surface area contributed by atoms with Crippen molar-refractivity contribution < 1.29 is 28.9 Å². The average Bonchev–Trinajstić information content (AvgIpc) is 3.10. The maximum absolute atomic E-state index is 13.1. The number of amides is 1. The monoisotopic (exact) mass is 467 g/mol. The maximum atomic E-state index is 13.1. The third-order valence-electron chi connectivity index (χ3n) is 5.67. The molecule has 0 aliphatic carbocycles. The first-order valence-corrected chi connectivity index (χ1v) is 11.7. The summed E-state index contributed by atoms with van der Waals surface area (Å²) in [5.74, 6) is -0.261. The van der Waals surface area contributed by atoms with Crippen LogP contribution in [-0.2, 0) is 14.3 Å². The van der Waals surface area contributed by atoms with E-state index in [-0.39, 0.29) is 11.3 Å². The van der Waals surface area contributed by atoms with Gasteiger partial charge in [0.2, 0.25) is 0 Å². The summed E-state index contributed by atoms with van der Waals surface area (Å²) in [7, 11) is 1.59. The second-order valence-electron chi connectivity index (χ2n) is 8.07. The van der Waals surface area contributed by atoms with Crippen LogP contribution >= 0.6 is 0 Å². The van der Waals surface area contributed by atoms with E-state index in [1.807, 2.05) is 31.2 Å². The number of aliphatic hydroxyl groups excluding tert-OH is 1. The molecule has 3 rings (SSSR count). The number of carbonyl (C=O) groups excluding carboxylic acids is 2. The first-order chi connectivity index (χ1) is 16.5. The molecule has 1 aliphatic heterocycles. The van der Waals surface area contributed by atoms with Crippen LogP contribution in [0.15, 0.2) is 54.1 Å². The van der Waals surface area contributed by atoms with Gasteiger partial charge in [-0.2, -0.15) is 0 Å². The summed E-state index contributed by atoms with van der Waals surface area (Å²) in [4.78, 5) is 27.6. The second kappa shape index (κ2) is 12.2. The number of carbonyl (C=O) groups is 2. The van der Waals surface area contributed by atoms with E-state index in [4.69, 9.17) is 14.2 Å². The predicted molar refractivity (Wildman–Crippen MR) is 130 cm³/mol. The number of hydrogen-bond acceptors (Lipinski definition) is 6. The number of likely N-dealkylation sites (tertiary alicyclic amines) is 1. The van der Waals surface area contributed by atoms with Crippen LogP contribution in [0.25, 0.3) is 5.76 Å². The Hall–Kier alpha value is -3.32. The topological polar surface area (TPSA) is 85.3 Å². The highest BCUT2D eigenvalue weighted by atomic mass is 16.5. The van der Waals surface area contributed by atoms with Crippen molar-refractivity contribution in [3.8, 4) is 11.5 Å². The van der Waals surface area contributed by atoms with Gasteiger partial charge in [0.05, 0.1) is 24.8 Å². The van der Waals surface area contributed by atoms with Crippen LogP contribution in [0.4, 0.5) is 0 Å². The van der Waals surface area contributed by atoms with Crippen LogP contribution in [-0.4, -0.2) is 55.2 Å². The molecule has 7 nitrogen and oxygen atoms in total. The number of aliphatic hydroxyl groups is 1. The molecule has 2 aromatic rings. The lowest BCUT2D eigenvalue weighted by Gasteiger charge is -2.25. The summed E-state index contributed by atoms with van der Waals surface area (Å²) in [6, 6.07) is 13.5. The lowest BCUT2D eigenvalue weighted by atomic mass is 9.95. The van der Waals surface area contributed by atoms with Crippen molar-refractivity contribution >= 4 is 17.4 Å². The molecule has 1 unspecified atom stereocenters. The minimum absolute atomic E-state index is 0.0655. The molecule has 0 spiro atoms. The fourth-order valence-corrected chi connectivity index (χ4v) is 3.97. The fourth-order valence-electron chi connectivity index (χ4n) is 3.97. The third kappa shape index (κ3) is 5.78. The van der Waals surface area contributed by atoms with Gasteiger partial charge in [-0.1, -0.05) is 37.6 Å². The summed E-state index contributed by atoms with van der Waals surface area (Å²) >= 11 is 0. The molecular weight excluding hydrogens is 434 g/mol. The number of rotatable bonds is 12. The van der Waals surface area contributed by atoms with Gasteiger partial charge >= 0.3 is 0 Å². The molecule has 1 amide bonds. The Labute approximate surface area is 200 Å². The van der Waals surface area contributed by atoms with Crippen molar-refractivity contribution in [2.45, 2.75) is 39.2 Å². The highest BCUT2D eigenvalue weighted by molar-refractivity contribution is 6.46. The predicted octanol–water partition coefficient (Wildman–Crippen LogP) is 4.72. The Morgan fingerprint density at radius 1 is 0.971 bits per heavy atom. The number of hydrogen-bond donors (Lipinski definition) is 1. The van der Waals surface area contributed by atoms with Crippen molar-refractivity contribution in [3.05, 3.63) is 65.2 Å². The maximum Gasteiger partial charge on any atom is 0.295 e. The molecule has 0 bridgehead atoms. The van der Waals surface area contributed by atoms with Crippen molar-refractivity contribution in [2.24, 2.45) is 0 Å². The Morgan fingerprint density at radius 2 is 1.74 bits per heavy atom. The number of benzene rings is 2. The minimum Gasteiger partial charge on any atom is -0.507 e. The molecule has 182 valence electrons. The molecule has 1 aliphatic rings. The molecule has 1 saturated heterocycles. The van der Waals surface area contributed by atoms with E-state index >= 15 is 0 Å². The van der Waals surface area contributed by atoms with E-state index in [1.165, 1.54) is 4.90 Å². The van der Waals surface area contributed by atoms with Crippen LogP contribution in [0.5, 0.6) is 11.5 Å². The van der Waals surface area contributed by atoms with Gasteiger partial charge in [-0.3, -0.25) is 9.59 Å². The number of ketones is 1. The van der Waals surface area contributed by atoms with Crippen LogP contribution in [0.3, 0.4) is 0 Å². The normalized spacial score (nSPS) is 17.3. The van der Waals surface area contributed by atoms with E-state index in [2.05, 4.69) is 6.92 Å². The zero-order valence-electron chi connectivity index (χ0n) is 20.1. The lowest BCUT2D eigenvalue weighted by molar-refractivity contribution is -0.140. The quantitative estimate of drug-likeness (QED) is 0.210. The molecule has 1 fully saturated rings. The molecule has 1 heterocycles. The highest BCUT2D eigenvalue weighted by Crippen LogP contribution is 2.40. The zero-order chi connectivity index (χ0) is 24.5. The average molecular weight is 468 g/mol. The van der Waals surface area contributed by atoms with Gasteiger partial charge in [-0.15, -0.1) is 0 Å². The lowest BCUT2D eigenvalue weighted by Crippen LogP contribution is -2.31. The molecule has 34 heavy (non-hydrogen) atoms. The minimum atomic E-state index is -0.711. The second-order valence-corrected chi connectivity index (χ2v) is 8.07. The number of ether oxygens (including phenoxy) is 3. The standard InChI is InChI=1S/C27H33NO6/c1-4-6-17-34-21-13-11-19(12-14-21)24-23(26(30)27(31)28(24)15-8-16-32-3)25(29)20-9-7-10-22(18-20)33-5-2/h7,9-14,18,24,29H,4-6,8,15-17H2,1-3H3/b25-23+. The van der Waals surface area contributed by atoms with Crippen LogP contribution in [0.2, 0.25) is 0 Å². The molecule has 0 saturated carbocycles. The summed E-state index contributed by atoms with van der Waals surface area (Å²) in [5.41, 5.74) is 1.21. The van der Waals surface area contributed by atoms with Crippen LogP contribution < -0.4 is 9.47 Å². The molecule has 0 radical (unpaired) electrons. The molecule has 1 atom stereocenters. The van der Waals surface area contributed by atoms with Gasteiger partial charge in [0.25, 0.3) is 11.7 Å². The number of Topliss-reactive ketones (excluding diaryl/α,β-unsaturated/α-hetero) is 1. The van der Waals surface area contributed by atoms with Crippen molar-refractivity contribution in [1.29, 1.82) is 0 Å². The smallest absolute Gasteiger partial charge is 0.295 e. The molecule has 7 heteroatoms. The van der Waals surface area contributed by atoms with Gasteiger partial charge in [0.15, 0.2) is 0 Å². The van der Waals surface area contributed by atoms with E-state index in [9.17, 15) is 14.7 Å². The largest absolute Gasteiger partial charge is 0.507 e. The van der Waals surface area contributed by atoms with Gasteiger partial charge in [-0.05, 0) is 49.6 Å². The first kappa shape index (κ1) is 25.3. The van der Waals surface area contributed by atoms with E-state index in [1.54, 1.807) is 31.4 Å². The molecule has 2 aromatic carbocycles. The van der Waals surface area contributed by atoms with Gasteiger partial charge in [0, 0.05) is 25.8 Å². The Bertz CT molecular complexity index is 1010. The van der Waals surface area contributed by atoms with E-state index in [0.29, 0.717) is 44.1 Å². The van der Waals surface area contributed by atoms with E-state index in [0.717, 1.165) is 24.2 Å².